The molecule has 1 heterocycles. The average Bonchev–Trinajstić information content (AvgIpc) is 3.19. The van der Waals surface area contributed by atoms with Crippen LogP contribution in [0.25, 0.3) is 0 Å². The number of rotatable bonds is 5. The highest BCUT2D eigenvalue weighted by Crippen LogP contribution is 2.19. The third-order valence-electron chi connectivity index (χ3n) is 3.76. The summed E-state index contributed by atoms with van der Waals surface area (Å²) in [6, 6.07) is 3.99. The lowest BCUT2D eigenvalue weighted by Crippen LogP contribution is -2.21. The second-order valence-electron chi connectivity index (χ2n) is 7.34. The summed E-state index contributed by atoms with van der Waals surface area (Å²) in [6.45, 7) is 7.75. The fourth-order valence-electron chi connectivity index (χ4n) is 2.05. The van der Waals surface area contributed by atoms with E-state index < -0.39 is 10.1 Å². The number of carbonyl (C=O) groups is 1. The summed E-state index contributed by atoms with van der Waals surface area (Å²) in [4.78, 5) is 12.7. The Kier molecular flexibility index (Phi) is 12.2. The summed E-state index contributed by atoms with van der Waals surface area (Å²) in [5.41, 5.74) is -0.204. The van der Waals surface area contributed by atoms with Crippen molar-refractivity contribution in [2.45, 2.75) is 79.1 Å². The Hall–Kier alpha value is -0.720. The molecule has 1 aliphatic carbocycles. The van der Waals surface area contributed by atoms with E-state index in [0.29, 0.717) is 18.6 Å². The van der Waals surface area contributed by atoms with E-state index in [4.69, 9.17) is 4.55 Å². The van der Waals surface area contributed by atoms with Gasteiger partial charge in [0, 0.05) is 16.7 Å². The molecule has 1 aromatic heterocycles. The minimum absolute atomic E-state index is 0.108. The number of hydrogen-bond donors (Lipinski definition) is 1. The van der Waals surface area contributed by atoms with Gasteiger partial charge in [0.15, 0.2) is 0 Å². The molecule has 0 saturated heterocycles. The Labute approximate surface area is 157 Å². The van der Waals surface area contributed by atoms with Crippen LogP contribution in [0.5, 0.6) is 0 Å². The summed E-state index contributed by atoms with van der Waals surface area (Å²) in [5.74, 6) is 0.203. The van der Waals surface area contributed by atoms with Gasteiger partial charge in [-0.2, -0.15) is 8.42 Å². The number of hydrogen-bond acceptors (Lipinski definition) is 4. The summed E-state index contributed by atoms with van der Waals surface area (Å²) in [6.07, 6.45) is 9.42. The average molecular weight is 391 g/mol. The van der Waals surface area contributed by atoms with Crippen LogP contribution in [-0.4, -0.2) is 24.5 Å². The molecule has 0 amide bonds. The highest BCUT2D eigenvalue weighted by molar-refractivity contribution is 7.85. The molecule has 0 unspecified atom stereocenters. The topological polar surface area (TPSA) is 71.4 Å². The zero-order valence-electron chi connectivity index (χ0n) is 16.1. The van der Waals surface area contributed by atoms with Gasteiger partial charge in [-0.3, -0.25) is 9.35 Å². The molecule has 0 aliphatic heterocycles. The van der Waals surface area contributed by atoms with Gasteiger partial charge in [0.1, 0.15) is 5.78 Å². The summed E-state index contributed by atoms with van der Waals surface area (Å²) in [7, 11) is -3.69. The maximum Gasteiger partial charge on any atom is 0.264 e. The van der Waals surface area contributed by atoms with Crippen LogP contribution in [0.3, 0.4) is 0 Å². The molecule has 0 atom stereocenters. The SMILES string of the molecule is C1CCCC1.CC(C)(C)C(=O)Cc1cccs1.CCCCS(=O)(=O)O. The molecular weight excluding hydrogens is 356 g/mol. The maximum absolute atomic E-state index is 11.5. The van der Waals surface area contributed by atoms with E-state index in [9.17, 15) is 13.2 Å². The number of ketones is 1. The Morgan fingerprint density at radius 3 is 1.96 bits per heavy atom. The molecule has 146 valence electrons. The van der Waals surface area contributed by atoms with Crippen molar-refractivity contribution in [3.63, 3.8) is 0 Å². The summed E-state index contributed by atoms with van der Waals surface area (Å²) in [5, 5.41) is 2.01. The van der Waals surface area contributed by atoms with Crippen molar-refractivity contribution in [2.24, 2.45) is 5.41 Å². The largest absolute Gasteiger partial charge is 0.299 e. The predicted octanol–water partition coefficient (Wildman–Crippen LogP) is 5.53. The molecule has 1 N–H and O–H groups in total. The van der Waals surface area contributed by atoms with Gasteiger partial charge in [-0.25, -0.2) is 0 Å². The second-order valence-corrected chi connectivity index (χ2v) is 9.94. The highest BCUT2D eigenvalue weighted by atomic mass is 32.2. The van der Waals surface area contributed by atoms with E-state index in [1.54, 1.807) is 11.3 Å². The highest BCUT2D eigenvalue weighted by Gasteiger charge is 2.21. The fraction of sp³-hybridized carbons (Fsp3) is 0.737. The first kappa shape index (κ1) is 24.3. The van der Waals surface area contributed by atoms with Crippen molar-refractivity contribution < 1.29 is 17.8 Å². The molecular formula is C19H34O4S2. The normalized spacial score (nSPS) is 14.1. The van der Waals surface area contributed by atoms with Crippen molar-refractivity contribution in [1.29, 1.82) is 0 Å². The van der Waals surface area contributed by atoms with E-state index in [2.05, 4.69) is 0 Å². The monoisotopic (exact) mass is 390 g/mol. The lowest BCUT2D eigenvalue weighted by molar-refractivity contribution is -0.125. The zero-order valence-corrected chi connectivity index (χ0v) is 17.7. The van der Waals surface area contributed by atoms with Crippen LogP contribution in [0.4, 0.5) is 0 Å². The molecule has 1 aliphatic rings. The predicted molar refractivity (Wildman–Crippen MR) is 107 cm³/mol. The molecule has 6 heteroatoms. The third kappa shape index (κ3) is 15.3. The van der Waals surface area contributed by atoms with Crippen LogP contribution in [0.1, 0.15) is 77.5 Å². The van der Waals surface area contributed by atoms with Crippen LogP contribution < -0.4 is 0 Å². The van der Waals surface area contributed by atoms with Crippen molar-refractivity contribution in [2.75, 3.05) is 5.75 Å². The molecule has 0 aromatic carbocycles. The van der Waals surface area contributed by atoms with Gasteiger partial charge in [-0.05, 0) is 17.9 Å². The molecule has 1 aromatic rings. The number of thiophene rings is 1. The molecule has 2 rings (SSSR count). The van der Waals surface area contributed by atoms with Gasteiger partial charge in [0.05, 0.1) is 5.75 Å². The van der Waals surface area contributed by atoms with Crippen molar-refractivity contribution in [1.82, 2.24) is 0 Å². The zero-order chi connectivity index (χ0) is 19.3. The minimum atomic E-state index is -3.69. The fourth-order valence-corrected chi connectivity index (χ4v) is 3.40. The molecule has 4 nitrogen and oxygen atoms in total. The second kappa shape index (κ2) is 12.6. The van der Waals surface area contributed by atoms with Crippen molar-refractivity contribution in [3.8, 4) is 0 Å². The smallest absolute Gasteiger partial charge is 0.264 e. The van der Waals surface area contributed by atoms with Gasteiger partial charge in [-0.1, -0.05) is 72.3 Å². The van der Waals surface area contributed by atoms with Gasteiger partial charge >= 0.3 is 0 Å². The van der Waals surface area contributed by atoms with E-state index in [0.717, 1.165) is 11.3 Å². The Bertz CT molecular complexity index is 543. The van der Waals surface area contributed by atoms with E-state index in [-0.39, 0.29) is 11.2 Å². The first-order valence-electron chi connectivity index (χ1n) is 9.07. The van der Waals surface area contributed by atoms with Crippen LogP contribution in [0.15, 0.2) is 17.5 Å². The van der Waals surface area contributed by atoms with Gasteiger partial charge in [-0.15, -0.1) is 11.3 Å². The molecule has 0 spiro atoms. The quantitative estimate of drug-likeness (QED) is 0.671. The van der Waals surface area contributed by atoms with Crippen LogP contribution in [0, 0.1) is 5.41 Å². The van der Waals surface area contributed by atoms with Crippen molar-refractivity contribution >= 4 is 27.2 Å². The lowest BCUT2D eigenvalue weighted by Gasteiger charge is -2.15. The Morgan fingerprint density at radius 2 is 1.68 bits per heavy atom. The van der Waals surface area contributed by atoms with Crippen LogP contribution >= 0.6 is 11.3 Å². The Balaban J connectivity index is 0.000000380. The minimum Gasteiger partial charge on any atom is -0.299 e. The first-order chi connectivity index (χ1) is 11.6. The van der Waals surface area contributed by atoms with Gasteiger partial charge in [0.2, 0.25) is 0 Å². The molecule has 1 fully saturated rings. The van der Waals surface area contributed by atoms with Crippen molar-refractivity contribution in [3.05, 3.63) is 22.4 Å². The summed E-state index contributed by atoms with van der Waals surface area (Å²) >= 11 is 1.65. The van der Waals surface area contributed by atoms with Crippen LogP contribution in [0.2, 0.25) is 0 Å². The molecule has 0 bridgehead atoms. The van der Waals surface area contributed by atoms with Gasteiger partial charge < -0.3 is 0 Å². The van der Waals surface area contributed by atoms with Crippen LogP contribution in [-0.2, 0) is 21.3 Å². The summed E-state index contributed by atoms with van der Waals surface area (Å²) < 4.78 is 28.0. The Morgan fingerprint density at radius 1 is 1.16 bits per heavy atom. The van der Waals surface area contributed by atoms with Gasteiger partial charge in [0.25, 0.3) is 10.1 Å². The number of unbranched alkanes of at least 4 members (excludes halogenated alkanes) is 1. The van der Waals surface area contributed by atoms with E-state index in [1.807, 2.05) is 45.2 Å². The number of Topliss-reactive ketones (excluding diaryl/α,β-unsaturated/α-hetero) is 1. The number of carbonyl (C=O) groups excluding carboxylic acids is 1. The van der Waals surface area contributed by atoms with E-state index in [1.165, 1.54) is 32.1 Å². The first-order valence-corrected chi connectivity index (χ1v) is 11.6. The molecule has 25 heavy (non-hydrogen) atoms. The third-order valence-corrected chi connectivity index (χ3v) is 5.44. The van der Waals surface area contributed by atoms with E-state index >= 15 is 0 Å². The lowest BCUT2D eigenvalue weighted by atomic mass is 9.89. The molecule has 1 saturated carbocycles. The molecule has 0 radical (unpaired) electrons. The maximum atomic E-state index is 11.5. The standard InChI is InChI=1S/C10H14OS.C5H10.C4H10O3S/c1-10(2,3)9(11)7-8-5-4-6-12-8;1-2-4-5-3-1;1-2-3-4-8(5,6)7/h4-6H,7H2,1-3H3;1-5H2;2-4H2,1H3,(H,5,6,7).